The number of benzene rings is 1. The SMILES string of the molecule is CCn1c(S(=O)(=O)CC)nc2c1CNC2.O=S(=O)(O)c1ccccc1. The second kappa shape index (κ2) is 7.65. The molecule has 3 rings (SSSR count). The molecule has 0 bridgehead atoms. The van der Waals surface area contributed by atoms with Gasteiger partial charge in [0.05, 0.1) is 22.0 Å². The first kappa shape index (κ1) is 19.6. The van der Waals surface area contributed by atoms with Gasteiger partial charge in [0, 0.05) is 19.6 Å². The Bertz CT molecular complexity index is 935. The van der Waals surface area contributed by atoms with Crippen LogP contribution in [-0.2, 0) is 39.6 Å². The number of fused-ring (bicyclic) bond motifs is 1. The van der Waals surface area contributed by atoms with Crippen LogP contribution in [0.5, 0.6) is 0 Å². The van der Waals surface area contributed by atoms with Crippen LogP contribution in [0.2, 0.25) is 0 Å². The quantitative estimate of drug-likeness (QED) is 0.758. The average molecular weight is 387 g/mol. The third-order valence-corrected chi connectivity index (χ3v) is 6.22. The van der Waals surface area contributed by atoms with Crippen LogP contribution in [0.4, 0.5) is 0 Å². The zero-order chi connectivity index (χ0) is 18.7. The van der Waals surface area contributed by atoms with Crippen molar-refractivity contribution < 1.29 is 21.4 Å². The first-order valence-electron chi connectivity index (χ1n) is 7.75. The van der Waals surface area contributed by atoms with Crippen molar-refractivity contribution in [2.24, 2.45) is 0 Å². The van der Waals surface area contributed by atoms with E-state index in [1.165, 1.54) is 12.1 Å². The fourth-order valence-electron chi connectivity index (χ4n) is 2.44. The van der Waals surface area contributed by atoms with Gasteiger partial charge in [0.25, 0.3) is 10.1 Å². The maximum Gasteiger partial charge on any atom is 0.294 e. The summed E-state index contributed by atoms with van der Waals surface area (Å²) in [5, 5.41) is 3.40. The van der Waals surface area contributed by atoms with Crippen molar-refractivity contribution in [1.29, 1.82) is 0 Å². The lowest BCUT2D eigenvalue weighted by molar-refractivity contribution is 0.483. The van der Waals surface area contributed by atoms with Crippen LogP contribution in [0.25, 0.3) is 0 Å². The molecule has 1 aliphatic heterocycles. The zero-order valence-electron chi connectivity index (χ0n) is 14.0. The number of sulfone groups is 1. The van der Waals surface area contributed by atoms with Crippen LogP contribution in [-0.4, -0.2) is 36.7 Å². The molecule has 0 atom stereocenters. The van der Waals surface area contributed by atoms with Gasteiger partial charge in [-0.25, -0.2) is 13.4 Å². The molecule has 1 aromatic carbocycles. The lowest BCUT2D eigenvalue weighted by Crippen LogP contribution is -2.15. The van der Waals surface area contributed by atoms with Crippen LogP contribution < -0.4 is 5.32 Å². The molecule has 2 N–H and O–H groups in total. The van der Waals surface area contributed by atoms with E-state index < -0.39 is 20.0 Å². The third-order valence-electron chi connectivity index (χ3n) is 3.72. The Morgan fingerprint density at radius 2 is 1.76 bits per heavy atom. The number of rotatable bonds is 4. The van der Waals surface area contributed by atoms with Crippen molar-refractivity contribution in [2.75, 3.05) is 5.75 Å². The molecule has 2 aromatic rings. The smallest absolute Gasteiger partial charge is 0.294 e. The average Bonchev–Trinajstić information content (AvgIpc) is 3.16. The first-order valence-corrected chi connectivity index (χ1v) is 10.8. The van der Waals surface area contributed by atoms with Crippen molar-refractivity contribution in [2.45, 2.75) is 43.5 Å². The van der Waals surface area contributed by atoms with Gasteiger partial charge in [-0.05, 0) is 19.1 Å². The molecular formula is C15H21N3O5S2. The van der Waals surface area contributed by atoms with Crippen molar-refractivity contribution in [3.05, 3.63) is 41.7 Å². The minimum absolute atomic E-state index is 0.0741. The third kappa shape index (κ3) is 4.46. The molecule has 0 saturated heterocycles. The summed E-state index contributed by atoms with van der Waals surface area (Å²) in [5.41, 5.74) is 1.90. The first-order chi connectivity index (χ1) is 11.7. The van der Waals surface area contributed by atoms with Crippen molar-refractivity contribution >= 4 is 20.0 Å². The van der Waals surface area contributed by atoms with Gasteiger partial charge in [-0.2, -0.15) is 8.42 Å². The minimum Gasteiger partial charge on any atom is -0.318 e. The zero-order valence-corrected chi connectivity index (χ0v) is 15.6. The maximum atomic E-state index is 11.8. The predicted molar refractivity (Wildman–Crippen MR) is 92.4 cm³/mol. The second-order valence-corrected chi connectivity index (χ2v) is 8.92. The standard InChI is InChI=1S/C9H15N3O2S.C6H6O3S/c1-3-12-8-6-10-5-7(8)11-9(12)15(13,14)4-2;7-10(8,9)6-4-2-1-3-5-6/h10H,3-6H2,1-2H3;1-5H,(H,7,8,9). The Morgan fingerprint density at radius 3 is 2.24 bits per heavy atom. The molecule has 0 aliphatic carbocycles. The monoisotopic (exact) mass is 387 g/mol. The van der Waals surface area contributed by atoms with Crippen LogP contribution in [0.3, 0.4) is 0 Å². The van der Waals surface area contributed by atoms with Gasteiger partial charge in [0.15, 0.2) is 0 Å². The van der Waals surface area contributed by atoms with E-state index >= 15 is 0 Å². The summed E-state index contributed by atoms with van der Waals surface area (Å²) < 4.78 is 54.6. The number of nitrogens with zero attached hydrogens (tertiary/aromatic N) is 2. The predicted octanol–water partition coefficient (Wildman–Crippen LogP) is 1.23. The Balaban J connectivity index is 0.000000196. The van der Waals surface area contributed by atoms with Crippen molar-refractivity contribution in [3.63, 3.8) is 0 Å². The van der Waals surface area contributed by atoms with E-state index in [0.29, 0.717) is 13.1 Å². The molecule has 138 valence electrons. The van der Waals surface area contributed by atoms with Crippen LogP contribution in [0.1, 0.15) is 25.2 Å². The van der Waals surface area contributed by atoms with E-state index in [0.717, 1.165) is 17.9 Å². The van der Waals surface area contributed by atoms with Gasteiger partial charge in [-0.3, -0.25) is 4.55 Å². The van der Waals surface area contributed by atoms with Crippen LogP contribution in [0.15, 0.2) is 40.4 Å². The highest BCUT2D eigenvalue weighted by atomic mass is 32.2. The molecule has 1 aliphatic rings. The molecule has 0 amide bonds. The Hall–Kier alpha value is -1.75. The second-order valence-electron chi connectivity index (χ2n) is 5.33. The summed E-state index contributed by atoms with van der Waals surface area (Å²) >= 11 is 0. The molecule has 1 aromatic heterocycles. The molecule has 0 saturated carbocycles. The van der Waals surface area contributed by atoms with Crippen LogP contribution in [0, 0.1) is 0 Å². The van der Waals surface area contributed by atoms with Gasteiger partial charge in [0.1, 0.15) is 0 Å². The Kier molecular flexibility index (Phi) is 5.99. The number of hydrogen-bond acceptors (Lipinski definition) is 6. The van der Waals surface area contributed by atoms with E-state index in [2.05, 4.69) is 10.3 Å². The molecule has 0 unspecified atom stereocenters. The number of nitrogens with one attached hydrogen (secondary N) is 1. The number of imidazole rings is 1. The summed E-state index contributed by atoms with van der Waals surface area (Å²) in [7, 11) is -7.20. The largest absolute Gasteiger partial charge is 0.318 e. The van der Waals surface area contributed by atoms with Gasteiger partial charge in [-0.1, -0.05) is 25.1 Å². The lowest BCUT2D eigenvalue weighted by atomic mass is 10.4. The van der Waals surface area contributed by atoms with Gasteiger partial charge >= 0.3 is 0 Å². The van der Waals surface area contributed by atoms with E-state index in [-0.39, 0.29) is 15.8 Å². The molecule has 2 heterocycles. The van der Waals surface area contributed by atoms with E-state index in [4.69, 9.17) is 4.55 Å². The Morgan fingerprint density at radius 1 is 1.12 bits per heavy atom. The molecule has 10 heteroatoms. The minimum atomic E-state index is -4.00. The highest BCUT2D eigenvalue weighted by Gasteiger charge is 2.26. The maximum absolute atomic E-state index is 11.8. The highest BCUT2D eigenvalue weighted by Crippen LogP contribution is 2.21. The molecule has 0 fully saturated rings. The summed E-state index contributed by atoms with van der Waals surface area (Å²) in [5.74, 6) is 0.107. The van der Waals surface area contributed by atoms with E-state index in [1.54, 1.807) is 29.7 Å². The molecule has 25 heavy (non-hydrogen) atoms. The number of aromatic nitrogens is 2. The summed E-state index contributed by atoms with van der Waals surface area (Å²) in [6.07, 6.45) is 0. The molecule has 0 radical (unpaired) electrons. The summed E-state index contributed by atoms with van der Waals surface area (Å²) in [6, 6.07) is 7.42. The molecular weight excluding hydrogens is 366 g/mol. The molecule has 0 spiro atoms. The normalized spacial score (nSPS) is 13.9. The lowest BCUT2D eigenvalue weighted by Gasteiger charge is -2.07. The highest BCUT2D eigenvalue weighted by molar-refractivity contribution is 7.91. The fourth-order valence-corrected chi connectivity index (χ4v) is 4.02. The van der Waals surface area contributed by atoms with Crippen LogP contribution >= 0.6 is 0 Å². The number of hydrogen-bond donors (Lipinski definition) is 2. The van der Waals surface area contributed by atoms with E-state index in [9.17, 15) is 16.8 Å². The fraction of sp³-hybridized carbons (Fsp3) is 0.400. The van der Waals surface area contributed by atoms with E-state index in [1.807, 2.05) is 6.92 Å². The topological polar surface area (TPSA) is 118 Å². The van der Waals surface area contributed by atoms with Crippen molar-refractivity contribution in [1.82, 2.24) is 14.9 Å². The van der Waals surface area contributed by atoms with Gasteiger partial charge in [0.2, 0.25) is 15.0 Å². The molecule has 8 nitrogen and oxygen atoms in total. The Labute approximate surface area is 147 Å². The van der Waals surface area contributed by atoms with Gasteiger partial charge < -0.3 is 9.88 Å². The van der Waals surface area contributed by atoms with Crippen molar-refractivity contribution in [3.8, 4) is 0 Å². The summed E-state index contributed by atoms with van der Waals surface area (Å²) in [4.78, 5) is 4.14. The summed E-state index contributed by atoms with van der Waals surface area (Å²) in [6.45, 7) is 5.63. The van der Waals surface area contributed by atoms with Gasteiger partial charge in [-0.15, -0.1) is 0 Å².